The Morgan fingerprint density at radius 2 is 1.88 bits per heavy atom. The minimum Gasteiger partial charge on any atom is -0.497 e. The summed E-state index contributed by atoms with van der Waals surface area (Å²) >= 11 is 0. The SMILES string of the molecule is COc1ccc(-c2cc(C(=O)NCCc3ccccc3)[nH]n2)cc1. The van der Waals surface area contributed by atoms with Crippen LogP contribution >= 0.6 is 0 Å². The Morgan fingerprint density at radius 1 is 1.12 bits per heavy atom. The molecule has 0 saturated carbocycles. The normalized spacial score (nSPS) is 10.4. The monoisotopic (exact) mass is 321 g/mol. The summed E-state index contributed by atoms with van der Waals surface area (Å²) in [5.74, 6) is 0.631. The largest absolute Gasteiger partial charge is 0.497 e. The van der Waals surface area contributed by atoms with Gasteiger partial charge in [-0.2, -0.15) is 5.10 Å². The molecule has 2 N–H and O–H groups in total. The number of hydrogen-bond acceptors (Lipinski definition) is 3. The van der Waals surface area contributed by atoms with Crippen molar-refractivity contribution in [2.75, 3.05) is 13.7 Å². The quantitative estimate of drug-likeness (QED) is 0.733. The molecule has 1 aromatic heterocycles. The van der Waals surface area contributed by atoms with E-state index in [9.17, 15) is 4.79 Å². The molecule has 5 nitrogen and oxygen atoms in total. The predicted octanol–water partition coefficient (Wildman–Crippen LogP) is 3.06. The fourth-order valence-corrected chi connectivity index (χ4v) is 2.41. The van der Waals surface area contributed by atoms with Gasteiger partial charge in [-0.25, -0.2) is 0 Å². The molecule has 0 aliphatic heterocycles. The Balaban J connectivity index is 1.59. The first-order chi connectivity index (χ1) is 11.8. The molecule has 0 spiro atoms. The van der Waals surface area contributed by atoms with E-state index in [-0.39, 0.29) is 5.91 Å². The minimum absolute atomic E-state index is 0.154. The zero-order valence-electron chi connectivity index (χ0n) is 13.5. The van der Waals surface area contributed by atoms with Crippen molar-refractivity contribution >= 4 is 5.91 Å². The number of H-pyrrole nitrogens is 1. The summed E-state index contributed by atoms with van der Waals surface area (Å²) < 4.78 is 5.14. The van der Waals surface area contributed by atoms with E-state index in [0.29, 0.717) is 12.2 Å². The maximum absolute atomic E-state index is 12.2. The standard InChI is InChI=1S/C19H19N3O2/c1-24-16-9-7-15(8-10-16)17-13-18(22-21-17)19(23)20-12-11-14-5-3-2-4-6-14/h2-10,13H,11-12H2,1H3,(H,20,23)(H,21,22). The zero-order valence-corrected chi connectivity index (χ0v) is 13.5. The highest BCUT2D eigenvalue weighted by atomic mass is 16.5. The second-order valence-electron chi connectivity index (χ2n) is 5.39. The Hall–Kier alpha value is -3.08. The van der Waals surface area contributed by atoms with Crippen LogP contribution in [0.4, 0.5) is 0 Å². The number of rotatable bonds is 6. The number of amides is 1. The third kappa shape index (κ3) is 3.81. The van der Waals surface area contributed by atoms with Crippen LogP contribution in [0.2, 0.25) is 0 Å². The maximum atomic E-state index is 12.2. The summed E-state index contributed by atoms with van der Waals surface area (Å²) in [5, 5.41) is 9.89. The maximum Gasteiger partial charge on any atom is 0.269 e. The van der Waals surface area contributed by atoms with Crippen molar-refractivity contribution in [2.45, 2.75) is 6.42 Å². The number of ether oxygens (including phenoxy) is 1. The molecule has 0 atom stereocenters. The number of carbonyl (C=O) groups is 1. The highest BCUT2D eigenvalue weighted by Gasteiger charge is 2.10. The molecule has 2 aromatic carbocycles. The van der Waals surface area contributed by atoms with Crippen LogP contribution in [0.1, 0.15) is 16.1 Å². The summed E-state index contributed by atoms with van der Waals surface area (Å²) in [6, 6.07) is 19.4. The van der Waals surface area contributed by atoms with E-state index in [1.165, 1.54) is 5.56 Å². The van der Waals surface area contributed by atoms with E-state index in [1.807, 2.05) is 54.6 Å². The van der Waals surface area contributed by atoms with E-state index >= 15 is 0 Å². The summed E-state index contributed by atoms with van der Waals surface area (Å²) in [6.45, 7) is 0.583. The molecule has 0 fully saturated rings. The second kappa shape index (κ2) is 7.46. The fraction of sp³-hybridized carbons (Fsp3) is 0.158. The van der Waals surface area contributed by atoms with Gasteiger partial charge in [-0.05, 0) is 42.3 Å². The van der Waals surface area contributed by atoms with Crippen molar-refractivity contribution in [3.8, 4) is 17.0 Å². The third-order valence-corrected chi connectivity index (χ3v) is 3.75. The number of hydrogen-bond donors (Lipinski definition) is 2. The molecule has 0 radical (unpaired) electrons. The lowest BCUT2D eigenvalue weighted by Crippen LogP contribution is -2.25. The average molecular weight is 321 g/mol. The Labute approximate surface area is 140 Å². The smallest absolute Gasteiger partial charge is 0.269 e. The van der Waals surface area contributed by atoms with Crippen molar-refractivity contribution in [3.05, 3.63) is 71.9 Å². The Morgan fingerprint density at radius 3 is 2.58 bits per heavy atom. The minimum atomic E-state index is -0.154. The average Bonchev–Trinajstić information content (AvgIpc) is 3.13. The van der Waals surface area contributed by atoms with Crippen LogP contribution in [0.15, 0.2) is 60.7 Å². The molecule has 5 heteroatoms. The van der Waals surface area contributed by atoms with Crippen molar-refractivity contribution in [3.63, 3.8) is 0 Å². The Bertz CT molecular complexity index is 795. The van der Waals surface area contributed by atoms with Crippen molar-refractivity contribution in [1.82, 2.24) is 15.5 Å². The number of carbonyl (C=O) groups excluding carboxylic acids is 1. The van der Waals surface area contributed by atoms with Gasteiger partial charge >= 0.3 is 0 Å². The number of methoxy groups -OCH3 is 1. The third-order valence-electron chi connectivity index (χ3n) is 3.75. The van der Waals surface area contributed by atoms with Crippen LogP contribution in [-0.2, 0) is 6.42 Å². The van der Waals surface area contributed by atoms with Crippen LogP contribution in [0.3, 0.4) is 0 Å². The molecule has 0 saturated heterocycles. The molecule has 0 bridgehead atoms. The molecule has 122 valence electrons. The molecule has 3 aromatic rings. The lowest BCUT2D eigenvalue weighted by molar-refractivity contribution is 0.0949. The van der Waals surface area contributed by atoms with Gasteiger partial charge in [0, 0.05) is 12.1 Å². The highest BCUT2D eigenvalue weighted by molar-refractivity contribution is 5.93. The molecule has 3 rings (SSSR count). The summed E-state index contributed by atoms with van der Waals surface area (Å²) in [5.41, 5.74) is 3.30. The van der Waals surface area contributed by atoms with Gasteiger partial charge in [0.2, 0.25) is 0 Å². The van der Waals surface area contributed by atoms with Crippen molar-refractivity contribution in [1.29, 1.82) is 0 Å². The summed E-state index contributed by atoms with van der Waals surface area (Å²) in [7, 11) is 1.63. The first kappa shape index (κ1) is 15.8. The predicted molar refractivity (Wildman–Crippen MR) is 93.1 cm³/mol. The molecule has 1 amide bonds. The van der Waals surface area contributed by atoms with Crippen LogP contribution in [-0.4, -0.2) is 29.8 Å². The van der Waals surface area contributed by atoms with E-state index < -0.39 is 0 Å². The van der Waals surface area contributed by atoms with Gasteiger partial charge in [0.25, 0.3) is 5.91 Å². The van der Waals surface area contributed by atoms with Crippen LogP contribution in [0.25, 0.3) is 11.3 Å². The van der Waals surface area contributed by atoms with Crippen molar-refractivity contribution < 1.29 is 9.53 Å². The lowest BCUT2D eigenvalue weighted by Gasteiger charge is -2.03. The van der Waals surface area contributed by atoms with E-state index in [0.717, 1.165) is 23.4 Å². The number of aromatic amines is 1. The zero-order chi connectivity index (χ0) is 16.8. The van der Waals surface area contributed by atoms with Crippen molar-refractivity contribution in [2.24, 2.45) is 0 Å². The van der Waals surface area contributed by atoms with E-state index in [4.69, 9.17) is 4.74 Å². The number of nitrogens with zero attached hydrogens (tertiary/aromatic N) is 1. The molecular formula is C19H19N3O2. The van der Waals surface area contributed by atoms with Gasteiger partial charge < -0.3 is 10.1 Å². The number of benzene rings is 2. The molecule has 0 aliphatic carbocycles. The molecule has 0 aliphatic rings. The second-order valence-corrected chi connectivity index (χ2v) is 5.39. The van der Waals surface area contributed by atoms with Gasteiger partial charge in [-0.1, -0.05) is 30.3 Å². The van der Waals surface area contributed by atoms with Crippen LogP contribution in [0, 0.1) is 0 Å². The van der Waals surface area contributed by atoms with Gasteiger partial charge in [0.05, 0.1) is 12.8 Å². The highest BCUT2D eigenvalue weighted by Crippen LogP contribution is 2.21. The topological polar surface area (TPSA) is 67.0 Å². The lowest BCUT2D eigenvalue weighted by atomic mass is 10.1. The number of aromatic nitrogens is 2. The molecule has 0 unspecified atom stereocenters. The van der Waals surface area contributed by atoms with E-state index in [1.54, 1.807) is 13.2 Å². The van der Waals surface area contributed by atoms with Crippen LogP contribution < -0.4 is 10.1 Å². The van der Waals surface area contributed by atoms with Gasteiger partial charge in [0.15, 0.2) is 0 Å². The Kier molecular flexibility index (Phi) is 4.91. The summed E-state index contributed by atoms with van der Waals surface area (Å²) in [6.07, 6.45) is 0.798. The van der Waals surface area contributed by atoms with Gasteiger partial charge in [0.1, 0.15) is 11.4 Å². The first-order valence-corrected chi connectivity index (χ1v) is 7.78. The molecule has 1 heterocycles. The van der Waals surface area contributed by atoms with Crippen LogP contribution in [0.5, 0.6) is 5.75 Å². The summed E-state index contributed by atoms with van der Waals surface area (Å²) in [4.78, 5) is 12.2. The molecule has 24 heavy (non-hydrogen) atoms. The number of nitrogens with one attached hydrogen (secondary N) is 2. The van der Waals surface area contributed by atoms with Gasteiger partial charge in [-0.3, -0.25) is 9.89 Å². The first-order valence-electron chi connectivity index (χ1n) is 7.78. The fourth-order valence-electron chi connectivity index (χ4n) is 2.41. The molecular weight excluding hydrogens is 302 g/mol. The van der Waals surface area contributed by atoms with E-state index in [2.05, 4.69) is 15.5 Å². The van der Waals surface area contributed by atoms with Gasteiger partial charge in [-0.15, -0.1) is 0 Å².